The lowest BCUT2D eigenvalue weighted by molar-refractivity contribution is 0.402. The average molecular weight is 269 g/mol. The fourth-order valence-corrected chi connectivity index (χ4v) is 2.81. The third-order valence-corrected chi connectivity index (χ3v) is 3.98. The van der Waals surface area contributed by atoms with E-state index in [0.29, 0.717) is 12.6 Å². The van der Waals surface area contributed by atoms with E-state index in [1.165, 1.54) is 17.2 Å². The number of hydrogen-bond donors (Lipinski definition) is 3. The van der Waals surface area contributed by atoms with Crippen molar-refractivity contribution in [3.63, 3.8) is 0 Å². The minimum Gasteiger partial charge on any atom is -0.504 e. The summed E-state index contributed by atoms with van der Waals surface area (Å²) in [7, 11) is 0. The van der Waals surface area contributed by atoms with E-state index >= 15 is 0 Å². The first-order chi connectivity index (χ1) is 9.72. The smallest absolute Gasteiger partial charge is 0.157 e. The number of benzene rings is 2. The van der Waals surface area contributed by atoms with Crippen LogP contribution in [0.5, 0.6) is 11.5 Å². The summed E-state index contributed by atoms with van der Waals surface area (Å²) in [6.07, 6.45) is 3.32. The average Bonchev–Trinajstić information content (AvgIpc) is 2.48. The first-order valence-electron chi connectivity index (χ1n) is 7.03. The summed E-state index contributed by atoms with van der Waals surface area (Å²) in [5, 5.41) is 22.3. The predicted molar refractivity (Wildman–Crippen MR) is 78.9 cm³/mol. The van der Waals surface area contributed by atoms with Gasteiger partial charge in [-0.3, -0.25) is 0 Å². The van der Waals surface area contributed by atoms with Crippen molar-refractivity contribution in [3.8, 4) is 11.5 Å². The lowest BCUT2D eigenvalue weighted by Crippen LogP contribution is -2.34. The molecule has 104 valence electrons. The van der Waals surface area contributed by atoms with Crippen molar-refractivity contribution in [3.05, 3.63) is 59.2 Å². The maximum Gasteiger partial charge on any atom is 0.157 e. The third kappa shape index (κ3) is 2.78. The van der Waals surface area contributed by atoms with Gasteiger partial charge in [0.2, 0.25) is 0 Å². The van der Waals surface area contributed by atoms with Crippen molar-refractivity contribution in [1.82, 2.24) is 5.32 Å². The molecule has 1 atom stereocenters. The monoisotopic (exact) mass is 269 g/mol. The molecule has 0 aromatic heterocycles. The number of fused-ring (bicyclic) bond motifs is 1. The van der Waals surface area contributed by atoms with Crippen LogP contribution in [0.4, 0.5) is 0 Å². The first kappa shape index (κ1) is 13.0. The maximum absolute atomic E-state index is 9.49. The minimum absolute atomic E-state index is 0.0571. The van der Waals surface area contributed by atoms with E-state index in [-0.39, 0.29) is 11.5 Å². The number of phenols is 2. The van der Waals surface area contributed by atoms with Crippen LogP contribution < -0.4 is 5.32 Å². The molecule has 20 heavy (non-hydrogen) atoms. The number of rotatable bonds is 3. The Hall–Kier alpha value is -2.00. The highest BCUT2D eigenvalue weighted by atomic mass is 16.3. The van der Waals surface area contributed by atoms with Crippen LogP contribution in [0.3, 0.4) is 0 Å². The Morgan fingerprint density at radius 3 is 2.60 bits per heavy atom. The molecule has 0 radical (unpaired) electrons. The van der Waals surface area contributed by atoms with Crippen LogP contribution >= 0.6 is 0 Å². The van der Waals surface area contributed by atoms with E-state index in [1.807, 2.05) is 6.07 Å². The van der Waals surface area contributed by atoms with Gasteiger partial charge in [0.1, 0.15) is 0 Å². The normalized spacial score (nSPS) is 17.7. The van der Waals surface area contributed by atoms with E-state index in [4.69, 9.17) is 0 Å². The molecule has 0 saturated heterocycles. The molecule has 2 aromatic rings. The zero-order valence-electron chi connectivity index (χ0n) is 11.3. The molecule has 0 fully saturated rings. The zero-order valence-corrected chi connectivity index (χ0v) is 11.3. The molecule has 1 unspecified atom stereocenters. The first-order valence-corrected chi connectivity index (χ1v) is 7.03. The molecular weight excluding hydrogens is 250 g/mol. The van der Waals surface area contributed by atoms with E-state index in [1.54, 1.807) is 6.07 Å². The van der Waals surface area contributed by atoms with E-state index in [9.17, 15) is 10.2 Å². The molecule has 0 saturated carbocycles. The summed E-state index contributed by atoms with van der Waals surface area (Å²) in [6.45, 7) is 0.709. The highest BCUT2D eigenvalue weighted by Gasteiger charge is 2.17. The molecule has 1 aliphatic carbocycles. The van der Waals surface area contributed by atoms with Crippen LogP contribution in [0.2, 0.25) is 0 Å². The summed E-state index contributed by atoms with van der Waals surface area (Å²) in [4.78, 5) is 0. The number of aryl methyl sites for hydroxylation is 1. The summed E-state index contributed by atoms with van der Waals surface area (Å²) >= 11 is 0. The van der Waals surface area contributed by atoms with Gasteiger partial charge >= 0.3 is 0 Å². The van der Waals surface area contributed by atoms with Gasteiger partial charge in [-0.05, 0) is 48.1 Å². The van der Waals surface area contributed by atoms with Crippen LogP contribution in [0.15, 0.2) is 42.5 Å². The maximum atomic E-state index is 9.49. The van der Waals surface area contributed by atoms with Crippen molar-refractivity contribution >= 4 is 0 Å². The van der Waals surface area contributed by atoms with E-state index in [2.05, 4.69) is 29.6 Å². The number of hydrogen-bond acceptors (Lipinski definition) is 3. The molecule has 1 aliphatic rings. The van der Waals surface area contributed by atoms with Gasteiger partial charge in [-0.15, -0.1) is 0 Å². The van der Waals surface area contributed by atoms with Gasteiger partial charge < -0.3 is 15.5 Å². The van der Waals surface area contributed by atoms with Crippen molar-refractivity contribution in [2.75, 3.05) is 0 Å². The Balaban J connectivity index is 1.61. The quantitative estimate of drug-likeness (QED) is 0.751. The summed E-state index contributed by atoms with van der Waals surface area (Å²) in [6, 6.07) is 14.1. The van der Waals surface area contributed by atoms with Crippen LogP contribution in [0.1, 0.15) is 23.1 Å². The highest BCUT2D eigenvalue weighted by molar-refractivity contribution is 5.40. The number of aromatic hydroxyl groups is 2. The molecule has 3 heteroatoms. The van der Waals surface area contributed by atoms with Gasteiger partial charge in [0.15, 0.2) is 11.5 Å². The minimum atomic E-state index is -0.0691. The second-order valence-corrected chi connectivity index (χ2v) is 5.41. The van der Waals surface area contributed by atoms with Gasteiger partial charge in [-0.2, -0.15) is 0 Å². The fraction of sp³-hybridized carbons (Fsp3) is 0.294. The standard InChI is InChI=1S/C17H19NO2/c19-16-8-5-12(9-17(16)20)11-18-15-7-6-13-3-1-2-4-14(13)10-15/h1-5,8-9,15,18-20H,6-7,10-11H2. The van der Waals surface area contributed by atoms with Crippen molar-refractivity contribution < 1.29 is 10.2 Å². The summed E-state index contributed by atoms with van der Waals surface area (Å²) in [5.41, 5.74) is 3.89. The van der Waals surface area contributed by atoms with Crippen LogP contribution in [0, 0.1) is 0 Å². The molecule has 3 nitrogen and oxygen atoms in total. The van der Waals surface area contributed by atoms with Gasteiger partial charge in [0.05, 0.1) is 0 Å². The SMILES string of the molecule is Oc1ccc(CNC2CCc3ccccc3C2)cc1O. The summed E-state index contributed by atoms with van der Waals surface area (Å²) in [5.74, 6) is -0.126. The number of phenolic OH excluding ortho intramolecular Hbond substituents is 2. The van der Waals surface area contributed by atoms with Crippen molar-refractivity contribution in [2.24, 2.45) is 0 Å². The topological polar surface area (TPSA) is 52.5 Å². The molecule has 3 N–H and O–H groups in total. The molecule has 0 spiro atoms. The highest BCUT2D eigenvalue weighted by Crippen LogP contribution is 2.25. The Morgan fingerprint density at radius 2 is 1.80 bits per heavy atom. The predicted octanol–water partition coefficient (Wildman–Crippen LogP) is 2.74. The molecule has 0 amide bonds. The lowest BCUT2D eigenvalue weighted by Gasteiger charge is -2.25. The molecule has 0 heterocycles. The van der Waals surface area contributed by atoms with Crippen LogP contribution in [0.25, 0.3) is 0 Å². The molecule has 3 rings (SSSR count). The van der Waals surface area contributed by atoms with E-state index in [0.717, 1.165) is 24.8 Å². The second-order valence-electron chi connectivity index (χ2n) is 5.41. The van der Waals surface area contributed by atoms with Crippen molar-refractivity contribution in [1.29, 1.82) is 0 Å². The number of nitrogens with one attached hydrogen (secondary N) is 1. The van der Waals surface area contributed by atoms with Gasteiger partial charge in [0.25, 0.3) is 0 Å². The fourth-order valence-electron chi connectivity index (χ4n) is 2.81. The Morgan fingerprint density at radius 1 is 1.00 bits per heavy atom. The Labute approximate surface area is 118 Å². The van der Waals surface area contributed by atoms with Crippen LogP contribution in [-0.2, 0) is 19.4 Å². The van der Waals surface area contributed by atoms with Gasteiger partial charge in [-0.1, -0.05) is 30.3 Å². The van der Waals surface area contributed by atoms with Crippen LogP contribution in [-0.4, -0.2) is 16.3 Å². The second kappa shape index (κ2) is 5.55. The largest absolute Gasteiger partial charge is 0.504 e. The van der Waals surface area contributed by atoms with E-state index < -0.39 is 0 Å². The lowest BCUT2D eigenvalue weighted by atomic mass is 9.88. The molecule has 0 bridgehead atoms. The molecule has 0 aliphatic heterocycles. The summed E-state index contributed by atoms with van der Waals surface area (Å²) < 4.78 is 0. The Bertz CT molecular complexity index is 610. The zero-order chi connectivity index (χ0) is 13.9. The van der Waals surface area contributed by atoms with Crippen molar-refractivity contribution in [2.45, 2.75) is 31.8 Å². The Kier molecular flexibility index (Phi) is 3.61. The van der Waals surface area contributed by atoms with Gasteiger partial charge in [-0.25, -0.2) is 0 Å². The molecule has 2 aromatic carbocycles. The van der Waals surface area contributed by atoms with Gasteiger partial charge in [0, 0.05) is 12.6 Å². The molecular formula is C17H19NO2. The third-order valence-electron chi connectivity index (χ3n) is 3.98.